The fraction of sp³-hybridized carbons (Fsp3) is 0.273. The first-order valence-corrected chi connectivity index (χ1v) is 10.8. The maximum Gasteiger partial charge on any atom is 0.349 e. The predicted octanol–water partition coefficient (Wildman–Crippen LogP) is 6.46. The Morgan fingerprint density at radius 1 is 1.10 bits per heavy atom. The van der Waals surface area contributed by atoms with E-state index in [1.54, 1.807) is 7.11 Å². The van der Waals surface area contributed by atoms with Gasteiger partial charge < -0.3 is 20.1 Å². The molecule has 0 atom stereocenters. The van der Waals surface area contributed by atoms with Crippen molar-refractivity contribution in [1.29, 1.82) is 0 Å². The van der Waals surface area contributed by atoms with Crippen molar-refractivity contribution in [3.05, 3.63) is 51.9 Å². The fourth-order valence-corrected chi connectivity index (χ4v) is 4.62. The summed E-state index contributed by atoms with van der Waals surface area (Å²) < 4.78 is 11.1. The Hall–Kier alpha value is -2.35. The van der Waals surface area contributed by atoms with Crippen LogP contribution in [-0.2, 0) is 10.2 Å². The van der Waals surface area contributed by atoms with Crippen LogP contribution >= 0.6 is 35.2 Å². The number of carbonyl (C=O) groups is 1. The van der Waals surface area contributed by atoms with E-state index in [0.29, 0.717) is 20.8 Å². The second-order valence-electron chi connectivity index (χ2n) is 7.69. The van der Waals surface area contributed by atoms with Gasteiger partial charge in [0.15, 0.2) is 5.11 Å². The van der Waals surface area contributed by atoms with Gasteiger partial charge in [0.25, 0.3) is 0 Å². The van der Waals surface area contributed by atoms with Crippen LogP contribution in [0.5, 0.6) is 5.75 Å². The van der Waals surface area contributed by atoms with Crippen LogP contribution in [0, 0.1) is 0 Å². The Bertz CT molecular complexity index is 1120. The largest absolute Gasteiger partial charge is 0.495 e. The average Bonchev–Trinajstić information content (AvgIpc) is 3.02. The number of esters is 1. The van der Waals surface area contributed by atoms with Gasteiger partial charge in [-0.3, -0.25) is 0 Å². The SMILES string of the molecule is COC(=O)c1sc2cc(NC(=S)Nc3cc(C(C)(C)C)ccc3OC)ccc2c1Cl. The van der Waals surface area contributed by atoms with E-state index in [4.69, 9.17) is 33.3 Å². The second-order valence-corrected chi connectivity index (χ2v) is 9.53. The van der Waals surface area contributed by atoms with E-state index in [-0.39, 0.29) is 5.41 Å². The minimum absolute atomic E-state index is 0.00142. The quantitative estimate of drug-likeness (QED) is 0.343. The summed E-state index contributed by atoms with van der Waals surface area (Å²) in [5.74, 6) is 0.258. The van der Waals surface area contributed by atoms with Crippen LogP contribution in [-0.4, -0.2) is 25.3 Å². The lowest BCUT2D eigenvalue weighted by atomic mass is 9.87. The van der Waals surface area contributed by atoms with E-state index in [9.17, 15) is 4.79 Å². The van der Waals surface area contributed by atoms with Gasteiger partial charge in [-0.2, -0.15) is 0 Å². The van der Waals surface area contributed by atoms with E-state index in [0.717, 1.165) is 21.5 Å². The Morgan fingerprint density at radius 3 is 2.47 bits per heavy atom. The van der Waals surface area contributed by atoms with Crippen molar-refractivity contribution in [3.63, 3.8) is 0 Å². The number of nitrogens with one attached hydrogen (secondary N) is 2. The molecule has 30 heavy (non-hydrogen) atoms. The molecule has 0 aliphatic carbocycles. The minimum Gasteiger partial charge on any atom is -0.495 e. The predicted molar refractivity (Wildman–Crippen MR) is 130 cm³/mol. The summed E-state index contributed by atoms with van der Waals surface area (Å²) in [6, 6.07) is 11.6. The average molecular weight is 463 g/mol. The molecule has 0 aliphatic heterocycles. The Labute approximate surface area is 190 Å². The standard InChI is InChI=1S/C22H23ClN2O3S2/c1-22(2,3)12-6-9-16(27-4)15(10-12)25-21(29)24-13-7-8-14-17(11-13)30-19(18(14)23)20(26)28-5/h6-11H,1-5H3,(H2,24,25,29). The van der Waals surface area contributed by atoms with Crippen LogP contribution in [0.15, 0.2) is 36.4 Å². The van der Waals surface area contributed by atoms with E-state index >= 15 is 0 Å². The molecule has 2 N–H and O–H groups in total. The highest BCUT2D eigenvalue weighted by molar-refractivity contribution is 7.80. The van der Waals surface area contributed by atoms with Gasteiger partial charge in [-0.1, -0.05) is 38.4 Å². The van der Waals surface area contributed by atoms with Gasteiger partial charge in [-0.05, 0) is 53.5 Å². The van der Waals surface area contributed by atoms with Crippen LogP contribution in [0.3, 0.4) is 0 Å². The smallest absolute Gasteiger partial charge is 0.349 e. The van der Waals surface area contributed by atoms with E-state index < -0.39 is 5.97 Å². The number of hydrogen-bond donors (Lipinski definition) is 2. The zero-order chi connectivity index (χ0) is 22.1. The monoisotopic (exact) mass is 462 g/mol. The number of thiocarbonyl (C=S) groups is 1. The molecule has 0 aliphatic rings. The van der Waals surface area contributed by atoms with Crippen molar-refractivity contribution in [2.24, 2.45) is 0 Å². The zero-order valence-corrected chi connectivity index (χ0v) is 19.8. The highest BCUT2D eigenvalue weighted by Crippen LogP contribution is 2.37. The van der Waals surface area contributed by atoms with Gasteiger partial charge in [0.2, 0.25) is 0 Å². The van der Waals surface area contributed by atoms with Gasteiger partial charge in [0, 0.05) is 15.8 Å². The van der Waals surface area contributed by atoms with Crippen LogP contribution in [0.1, 0.15) is 36.0 Å². The van der Waals surface area contributed by atoms with E-state index in [1.807, 2.05) is 36.4 Å². The molecule has 8 heteroatoms. The molecule has 0 amide bonds. The Morgan fingerprint density at radius 2 is 1.83 bits per heavy atom. The molecule has 0 radical (unpaired) electrons. The molecule has 0 saturated heterocycles. The lowest BCUT2D eigenvalue weighted by Gasteiger charge is -2.22. The fourth-order valence-electron chi connectivity index (χ4n) is 2.92. The first-order valence-electron chi connectivity index (χ1n) is 9.21. The molecule has 0 bridgehead atoms. The summed E-state index contributed by atoms with van der Waals surface area (Å²) in [5, 5.41) is 8.01. The molecule has 1 aromatic heterocycles. The van der Waals surface area contributed by atoms with Crippen molar-refractivity contribution in [1.82, 2.24) is 0 Å². The highest BCUT2D eigenvalue weighted by atomic mass is 35.5. The number of anilines is 2. The van der Waals surface area contributed by atoms with Crippen molar-refractivity contribution >= 4 is 67.7 Å². The molecule has 1 heterocycles. The first kappa shape index (κ1) is 22.3. The number of rotatable bonds is 4. The molecule has 0 spiro atoms. The summed E-state index contributed by atoms with van der Waals surface area (Å²) in [6.45, 7) is 6.46. The number of benzene rings is 2. The molecular weight excluding hydrogens is 440 g/mol. The van der Waals surface area contributed by atoms with Crippen LogP contribution in [0.25, 0.3) is 10.1 Å². The van der Waals surface area contributed by atoms with Gasteiger partial charge in [0.1, 0.15) is 10.6 Å². The van der Waals surface area contributed by atoms with Crippen molar-refractivity contribution < 1.29 is 14.3 Å². The Balaban J connectivity index is 1.83. The van der Waals surface area contributed by atoms with Gasteiger partial charge in [-0.25, -0.2) is 4.79 Å². The molecule has 0 saturated carbocycles. The normalized spacial score (nSPS) is 11.3. The summed E-state index contributed by atoms with van der Waals surface area (Å²) >= 11 is 13.1. The summed E-state index contributed by atoms with van der Waals surface area (Å²) in [6.07, 6.45) is 0. The first-order chi connectivity index (χ1) is 14.1. The van der Waals surface area contributed by atoms with Crippen LogP contribution in [0.2, 0.25) is 5.02 Å². The summed E-state index contributed by atoms with van der Waals surface area (Å²) in [7, 11) is 2.96. The highest BCUT2D eigenvalue weighted by Gasteiger charge is 2.19. The lowest BCUT2D eigenvalue weighted by molar-refractivity contribution is 0.0606. The van der Waals surface area contributed by atoms with E-state index in [2.05, 4.69) is 31.4 Å². The van der Waals surface area contributed by atoms with Crippen molar-refractivity contribution in [2.75, 3.05) is 24.9 Å². The molecule has 2 aromatic carbocycles. The number of carbonyl (C=O) groups excluding carboxylic acids is 1. The maximum absolute atomic E-state index is 11.9. The number of thiophene rings is 1. The molecule has 5 nitrogen and oxygen atoms in total. The molecule has 0 fully saturated rings. The number of methoxy groups -OCH3 is 2. The topological polar surface area (TPSA) is 59.6 Å². The third-order valence-corrected chi connectivity index (χ3v) is 6.41. The second kappa shape index (κ2) is 8.79. The van der Waals surface area contributed by atoms with Gasteiger partial charge in [0.05, 0.1) is 24.9 Å². The third-order valence-electron chi connectivity index (χ3n) is 4.57. The molecule has 158 valence electrons. The van der Waals surface area contributed by atoms with E-state index in [1.165, 1.54) is 24.0 Å². The molecule has 0 unspecified atom stereocenters. The number of hydrogen-bond acceptors (Lipinski definition) is 5. The van der Waals surface area contributed by atoms with Crippen LogP contribution < -0.4 is 15.4 Å². The van der Waals surface area contributed by atoms with Crippen molar-refractivity contribution in [3.8, 4) is 5.75 Å². The van der Waals surface area contributed by atoms with Crippen LogP contribution in [0.4, 0.5) is 11.4 Å². The number of halogens is 1. The molecular formula is C22H23ClN2O3S2. The summed E-state index contributed by atoms with van der Waals surface area (Å²) in [4.78, 5) is 12.3. The molecule has 3 rings (SSSR count). The van der Waals surface area contributed by atoms with Gasteiger partial charge >= 0.3 is 5.97 Å². The molecule has 3 aromatic rings. The number of fused-ring (bicyclic) bond motifs is 1. The summed E-state index contributed by atoms with van der Waals surface area (Å²) in [5.41, 5.74) is 2.73. The maximum atomic E-state index is 11.9. The minimum atomic E-state index is -0.446. The Kier molecular flexibility index (Phi) is 6.55. The zero-order valence-electron chi connectivity index (χ0n) is 17.4. The third kappa shape index (κ3) is 4.69. The lowest BCUT2D eigenvalue weighted by Crippen LogP contribution is -2.20. The number of ether oxygens (including phenoxy) is 2. The van der Waals surface area contributed by atoms with Gasteiger partial charge in [-0.15, -0.1) is 11.3 Å². The van der Waals surface area contributed by atoms with Crippen molar-refractivity contribution in [2.45, 2.75) is 26.2 Å².